The van der Waals surface area contributed by atoms with E-state index in [-0.39, 0.29) is 17.9 Å². The first-order chi connectivity index (χ1) is 11.6. The average molecular weight is 324 g/mol. The minimum absolute atomic E-state index is 0.310. The summed E-state index contributed by atoms with van der Waals surface area (Å²) in [6.45, 7) is 1.28. The van der Waals surface area contributed by atoms with Crippen LogP contribution in [0.2, 0.25) is 0 Å². The second kappa shape index (κ2) is 6.84. The van der Waals surface area contributed by atoms with Gasteiger partial charge in [0.2, 0.25) is 5.91 Å². The average Bonchev–Trinajstić information content (AvgIpc) is 2.61. The maximum absolute atomic E-state index is 11.9. The Morgan fingerprint density at radius 3 is 2.42 bits per heavy atom. The molecule has 2 aromatic rings. The molecule has 1 amide bonds. The Labute approximate surface area is 141 Å². The van der Waals surface area contributed by atoms with Crippen molar-refractivity contribution < 1.29 is 14.3 Å². The fourth-order valence-corrected chi connectivity index (χ4v) is 3.12. The lowest BCUT2D eigenvalue weighted by Gasteiger charge is -2.35. The molecule has 1 aliphatic rings. The molecular formula is C19H20N2O3. The lowest BCUT2D eigenvalue weighted by atomic mass is 9.93. The van der Waals surface area contributed by atoms with Gasteiger partial charge in [0.15, 0.2) is 0 Å². The van der Waals surface area contributed by atoms with Gasteiger partial charge in [0.1, 0.15) is 0 Å². The van der Waals surface area contributed by atoms with Crippen molar-refractivity contribution in [3.05, 3.63) is 70.8 Å². The van der Waals surface area contributed by atoms with Crippen LogP contribution in [0.25, 0.3) is 0 Å². The van der Waals surface area contributed by atoms with Crippen LogP contribution in [-0.4, -0.2) is 29.9 Å². The third-order valence-electron chi connectivity index (χ3n) is 4.43. The van der Waals surface area contributed by atoms with Gasteiger partial charge in [-0.15, -0.1) is 0 Å². The molecule has 0 saturated carbocycles. The van der Waals surface area contributed by atoms with Crippen LogP contribution in [0.3, 0.4) is 0 Å². The zero-order valence-electron chi connectivity index (χ0n) is 13.6. The first kappa shape index (κ1) is 16.2. The number of hydrogen-bond acceptors (Lipinski definition) is 4. The summed E-state index contributed by atoms with van der Waals surface area (Å²) in [5.41, 5.74) is 9.54. The topological polar surface area (TPSA) is 72.6 Å². The van der Waals surface area contributed by atoms with Gasteiger partial charge in [-0.3, -0.25) is 9.69 Å². The number of carbonyl (C=O) groups is 2. The van der Waals surface area contributed by atoms with Crippen molar-refractivity contribution in [2.45, 2.75) is 25.6 Å². The number of primary amides is 1. The fourth-order valence-electron chi connectivity index (χ4n) is 3.12. The van der Waals surface area contributed by atoms with Gasteiger partial charge in [-0.25, -0.2) is 4.79 Å². The van der Waals surface area contributed by atoms with Crippen molar-refractivity contribution in [1.82, 2.24) is 4.90 Å². The molecule has 0 radical (unpaired) electrons. The predicted octanol–water partition coefficient (Wildman–Crippen LogP) is 1.89. The van der Waals surface area contributed by atoms with E-state index in [0.717, 1.165) is 5.56 Å². The Hall–Kier alpha value is -2.66. The molecule has 1 atom stereocenters. The minimum Gasteiger partial charge on any atom is -0.465 e. The number of hydrogen-bond donors (Lipinski definition) is 1. The summed E-state index contributed by atoms with van der Waals surface area (Å²) in [6, 6.07) is 15.0. The summed E-state index contributed by atoms with van der Waals surface area (Å²) in [6.07, 6.45) is 0.631. The lowest BCUT2D eigenvalue weighted by molar-refractivity contribution is -0.124. The van der Waals surface area contributed by atoms with Gasteiger partial charge in [-0.1, -0.05) is 36.4 Å². The summed E-state index contributed by atoms with van der Waals surface area (Å²) in [7, 11) is 1.36. The van der Waals surface area contributed by atoms with Gasteiger partial charge in [-0.05, 0) is 35.2 Å². The molecule has 0 saturated heterocycles. The summed E-state index contributed by atoms with van der Waals surface area (Å²) >= 11 is 0. The van der Waals surface area contributed by atoms with Crippen LogP contribution in [0.4, 0.5) is 0 Å². The van der Waals surface area contributed by atoms with E-state index in [9.17, 15) is 9.59 Å². The Balaban J connectivity index is 1.80. The smallest absolute Gasteiger partial charge is 0.337 e. The highest BCUT2D eigenvalue weighted by Gasteiger charge is 2.29. The van der Waals surface area contributed by atoms with E-state index in [2.05, 4.69) is 11.0 Å². The van der Waals surface area contributed by atoms with Crippen molar-refractivity contribution in [3.63, 3.8) is 0 Å². The highest BCUT2D eigenvalue weighted by Crippen LogP contribution is 2.25. The van der Waals surface area contributed by atoms with Crippen LogP contribution in [0.5, 0.6) is 0 Å². The minimum atomic E-state index is -0.358. The number of nitrogens with two attached hydrogens (primary N) is 1. The van der Waals surface area contributed by atoms with E-state index < -0.39 is 0 Å². The molecule has 24 heavy (non-hydrogen) atoms. The number of carbonyl (C=O) groups excluding carboxylic acids is 2. The third-order valence-corrected chi connectivity index (χ3v) is 4.43. The molecule has 0 fully saturated rings. The number of methoxy groups -OCH3 is 1. The van der Waals surface area contributed by atoms with E-state index in [4.69, 9.17) is 10.5 Å². The highest BCUT2D eigenvalue weighted by atomic mass is 16.5. The largest absolute Gasteiger partial charge is 0.465 e. The summed E-state index contributed by atoms with van der Waals surface area (Å²) in [5, 5.41) is 0. The van der Waals surface area contributed by atoms with Crippen molar-refractivity contribution in [2.24, 2.45) is 5.73 Å². The van der Waals surface area contributed by atoms with E-state index in [1.165, 1.54) is 18.2 Å². The van der Waals surface area contributed by atoms with E-state index in [1.54, 1.807) is 12.1 Å². The van der Waals surface area contributed by atoms with Crippen molar-refractivity contribution in [1.29, 1.82) is 0 Å². The van der Waals surface area contributed by atoms with Crippen LogP contribution in [-0.2, 0) is 29.0 Å². The third kappa shape index (κ3) is 3.31. The lowest BCUT2D eigenvalue weighted by Crippen LogP contribution is -2.48. The zero-order valence-corrected chi connectivity index (χ0v) is 13.6. The summed E-state index contributed by atoms with van der Waals surface area (Å²) < 4.78 is 4.70. The molecule has 2 aromatic carbocycles. The van der Waals surface area contributed by atoms with Crippen molar-refractivity contribution in [2.75, 3.05) is 7.11 Å². The first-order valence-corrected chi connectivity index (χ1v) is 7.86. The normalized spacial score (nSPS) is 17.1. The molecule has 3 rings (SSSR count). The second-order valence-corrected chi connectivity index (χ2v) is 5.98. The maximum Gasteiger partial charge on any atom is 0.337 e. The molecule has 5 nitrogen and oxygen atoms in total. The molecule has 1 aliphatic heterocycles. The SMILES string of the molecule is COC(=O)c1ccc(CN2Cc3ccccc3CC2C(N)=O)cc1. The van der Waals surface area contributed by atoms with Crippen molar-refractivity contribution in [3.8, 4) is 0 Å². The molecule has 1 heterocycles. The maximum atomic E-state index is 11.9. The molecular weight excluding hydrogens is 304 g/mol. The van der Waals surface area contributed by atoms with Crippen LogP contribution >= 0.6 is 0 Å². The Bertz CT molecular complexity index is 755. The number of benzene rings is 2. The Morgan fingerprint density at radius 1 is 1.12 bits per heavy atom. The van der Waals surface area contributed by atoms with E-state index in [0.29, 0.717) is 25.1 Å². The molecule has 2 N–H and O–H groups in total. The molecule has 5 heteroatoms. The summed E-state index contributed by atoms with van der Waals surface area (Å²) in [4.78, 5) is 25.4. The van der Waals surface area contributed by atoms with E-state index in [1.807, 2.05) is 30.3 Å². The van der Waals surface area contributed by atoms with Crippen LogP contribution in [0.15, 0.2) is 48.5 Å². The number of ether oxygens (including phenoxy) is 1. The predicted molar refractivity (Wildman–Crippen MR) is 90.2 cm³/mol. The number of fused-ring (bicyclic) bond motifs is 1. The van der Waals surface area contributed by atoms with Gasteiger partial charge < -0.3 is 10.5 Å². The number of amides is 1. The van der Waals surface area contributed by atoms with E-state index >= 15 is 0 Å². The molecule has 1 unspecified atom stereocenters. The Kier molecular flexibility index (Phi) is 4.62. The highest BCUT2D eigenvalue weighted by molar-refractivity contribution is 5.89. The monoisotopic (exact) mass is 324 g/mol. The quantitative estimate of drug-likeness (QED) is 0.872. The molecule has 0 aliphatic carbocycles. The molecule has 0 bridgehead atoms. The molecule has 124 valence electrons. The summed E-state index contributed by atoms with van der Waals surface area (Å²) in [5.74, 6) is -0.667. The van der Waals surface area contributed by atoms with Gasteiger partial charge in [0.25, 0.3) is 0 Å². The Morgan fingerprint density at radius 2 is 1.79 bits per heavy atom. The molecule has 0 aromatic heterocycles. The van der Waals surface area contributed by atoms with Crippen LogP contribution < -0.4 is 5.73 Å². The van der Waals surface area contributed by atoms with Crippen LogP contribution in [0.1, 0.15) is 27.0 Å². The zero-order chi connectivity index (χ0) is 17.1. The van der Waals surface area contributed by atoms with Gasteiger partial charge in [0, 0.05) is 13.1 Å². The standard InChI is InChI=1S/C19H20N2O3/c1-24-19(23)14-8-6-13(7-9-14)11-21-12-16-5-3-2-4-15(16)10-17(21)18(20)22/h2-9,17H,10-12H2,1H3,(H2,20,22). The van der Waals surface area contributed by atoms with Gasteiger partial charge >= 0.3 is 5.97 Å². The fraction of sp³-hybridized carbons (Fsp3) is 0.263. The number of esters is 1. The number of nitrogens with zero attached hydrogens (tertiary/aromatic N) is 1. The first-order valence-electron chi connectivity index (χ1n) is 7.86. The van der Waals surface area contributed by atoms with Crippen LogP contribution in [0, 0.1) is 0 Å². The van der Waals surface area contributed by atoms with Crippen molar-refractivity contribution >= 4 is 11.9 Å². The van der Waals surface area contributed by atoms with Gasteiger partial charge in [0.05, 0.1) is 18.7 Å². The number of rotatable bonds is 4. The molecule has 0 spiro atoms. The van der Waals surface area contributed by atoms with Gasteiger partial charge in [-0.2, -0.15) is 0 Å². The second-order valence-electron chi connectivity index (χ2n) is 5.98.